The van der Waals surface area contributed by atoms with Crippen LogP contribution in [0.2, 0.25) is 0 Å². The second kappa shape index (κ2) is 14.7. The van der Waals surface area contributed by atoms with Gasteiger partial charge in [0.2, 0.25) is 0 Å². The predicted molar refractivity (Wildman–Crippen MR) is 194 cm³/mol. The quantitative estimate of drug-likeness (QED) is 0.123. The van der Waals surface area contributed by atoms with Crippen LogP contribution in [0.1, 0.15) is 198 Å². The molecule has 50 heavy (non-hydrogen) atoms. The Kier molecular flexibility index (Phi) is 12.0. The van der Waals surface area contributed by atoms with E-state index >= 15 is 0 Å². The summed E-state index contributed by atoms with van der Waals surface area (Å²) in [5.74, 6) is -1.49. The van der Waals surface area contributed by atoms with Gasteiger partial charge in [0, 0.05) is 0 Å². The lowest BCUT2D eigenvalue weighted by molar-refractivity contribution is -0.186. The fourth-order valence-corrected chi connectivity index (χ4v) is 9.83. The molecule has 0 aromatic heterocycles. The van der Waals surface area contributed by atoms with E-state index in [2.05, 4.69) is 0 Å². The average molecular weight is 703 g/mol. The second-order valence-electron chi connectivity index (χ2n) is 19.6. The van der Waals surface area contributed by atoms with Gasteiger partial charge in [0.1, 0.15) is 22.4 Å². The largest absolute Gasteiger partial charge is 0.459 e. The smallest absolute Gasteiger partial charge is 0.312 e. The molecule has 0 aliphatic heterocycles. The first-order valence-corrected chi connectivity index (χ1v) is 20.0. The third-order valence-electron chi connectivity index (χ3n) is 13.2. The van der Waals surface area contributed by atoms with Gasteiger partial charge in [-0.1, -0.05) is 6.92 Å². The third-order valence-corrected chi connectivity index (χ3v) is 13.2. The molecule has 286 valence electrons. The summed E-state index contributed by atoms with van der Waals surface area (Å²) in [5, 5.41) is 0. The molecule has 8 nitrogen and oxygen atoms in total. The summed E-state index contributed by atoms with van der Waals surface area (Å²) in [4.78, 5) is 57.4. The zero-order valence-electron chi connectivity index (χ0n) is 33.4. The first-order chi connectivity index (χ1) is 23.0. The zero-order valence-corrected chi connectivity index (χ0v) is 33.4. The van der Waals surface area contributed by atoms with E-state index in [-0.39, 0.29) is 31.2 Å². The summed E-state index contributed by atoms with van der Waals surface area (Å²) >= 11 is 0. The molecular formula is C42H70O8. The van der Waals surface area contributed by atoms with E-state index < -0.39 is 56.0 Å². The lowest BCUT2D eigenvalue weighted by Gasteiger charge is -2.45. The van der Waals surface area contributed by atoms with Gasteiger partial charge in [0.05, 0.1) is 21.7 Å². The van der Waals surface area contributed by atoms with Crippen molar-refractivity contribution in [1.29, 1.82) is 0 Å². The van der Waals surface area contributed by atoms with Gasteiger partial charge in [0.15, 0.2) is 0 Å². The Hall–Kier alpha value is -2.12. The van der Waals surface area contributed by atoms with Gasteiger partial charge in [0.25, 0.3) is 0 Å². The van der Waals surface area contributed by atoms with E-state index in [0.29, 0.717) is 6.42 Å². The zero-order chi connectivity index (χ0) is 37.3. The molecule has 0 bridgehead atoms. The number of carbonyl (C=O) groups is 4. The van der Waals surface area contributed by atoms with Crippen LogP contribution in [-0.2, 0) is 38.1 Å². The van der Waals surface area contributed by atoms with Crippen molar-refractivity contribution in [2.75, 3.05) is 0 Å². The van der Waals surface area contributed by atoms with Crippen molar-refractivity contribution >= 4 is 23.9 Å². The fourth-order valence-electron chi connectivity index (χ4n) is 9.83. The van der Waals surface area contributed by atoms with E-state index in [1.54, 1.807) is 0 Å². The highest BCUT2D eigenvalue weighted by molar-refractivity contribution is 5.84. The van der Waals surface area contributed by atoms with E-state index in [1.165, 1.54) is 0 Å². The molecule has 4 rings (SSSR count). The van der Waals surface area contributed by atoms with Crippen molar-refractivity contribution in [1.82, 2.24) is 0 Å². The molecule has 0 N–H and O–H groups in total. The number of carbonyl (C=O) groups excluding carboxylic acids is 4. The topological polar surface area (TPSA) is 105 Å². The number of esters is 4. The number of hydrogen-bond donors (Lipinski definition) is 0. The number of ether oxygens (including phenoxy) is 4. The maximum atomic E-state index is 14.7. The number of hydrogen-bond acceptors (Lipinski definition) is 8. The molecular weight excluding hydrogens is 632 g/mol. The lowest BCUT2D eigenvalue weighted by atomic mass is 9.61. The Morgan fingerprint density at radius 3 is 0.960 bits per heavy atom. The Bertz CT molecular complexity index is 1240. The van der Waals surface area contributed by atoms with Gasteiger partial charge in [-0.25, -0.2) is 0 Å². The van der Waals surface area contributed by atoms with Crippen LogP contribution in [0.15, 0.2) is 0 Å². The highest BCUT2D eigenvalue weighted by Gasteiger charge is 2.56. The molecule has 0 heterocycles. The predicted octanol–water partition coefficient (Wildman–Crippen LogP) is 10.1. The molecule has 0 aromatic rings. The van der Waals surface area contributed by atoms with Crippen molar-refractivity contribution in [3.05, 3.63) is 0 Å². The Labute approximate surface area is 303 Å². The summed E-state index contributed by atoms with van der Waals surface area (Å²) < 4.78 is 25.2. The van der Waals surface area contributed by atoms with Crippen molar-refractivity contribution in [2.45, 2.75) is 220 Å². The van der Waals surface area contributed by atoms with Crippen LogP contribution in [0.4, 0.5) is 0 Å². The minimum atomic E-state index is -1.27. The molecule has 0 amide bonds. The maximum Gasteiger partial charge on any atom is 0.312 e. The van der Waals surface area contributed by atoms with Gasteiger partial charge in [-0.15, -0.1) is 0 Å². The molecule has 4 aliphatic carbocycles. The maximum absolute atomic E-state index is 14.7. The SMILES string of the molecule is CCC(C)(CC(C)(CC(C)(CC(C)(C)C(=O)OC1(C)CCCC1)C(=O)OC1(C)CCCC1)C(=O)OC1(C)CCCC1)C(=O)OC1(C)CCCC1. The van der Waals surface area contributed by atoms with Crippen molar-refractivity contribution in [3.63, 3.8) is 0 Å². The molecule has 0 spiro atoms. The minimum Gasteiger partial charge on any atom is -0.459 e. The normalized spacial score (nSPS) is 25.9. The Morgan fingerprint density at radius 1 is 0.420 bits per heavy atom. The monoisotopic (exact) mass is 703 g/mol. The summed E-state index contributed by atoms with van der Waals surface area (Å²) in [6, 6.07) is 0. The van der Waals surface area contributed by atoms with Crippen LogP contribution in [0.3, 0.4) is 0 Å². The molecule has 0 aromatic carbocycles. The van der Waals surface area contributed by atoms with Crippen LogP contribution >= 0.6 is 0 Å². The standard InChI is InChI=1S/C42H70O8/c1-11-36(4,32(44)48-40(8)22-14-15-23-40)29-38(6,34(46)50-42(10)26-18-19-27-42)30-37(5,33(45)49-41(9)24-16-17-25-41)28-35(2,3)31(43)47-39(7)20-12-13-21-39/h11-30H2,1-10H3. The summed E-state index contributed by atoms with van der Waals surface area (Å²) in [6.45, 7) is 19.2. The van der Waals surface area contributed by atoms with Gasteiger partial charge in [-0.2, -0.15) is 0 Å². The molecule has 3 atom stereocenters. The summed E-state index contributed by atoms with van der Waals surface area (Å²) in [7, 11) is 0. The molecule has 8 heteroatoms. The fraction of sp³-hybridized carbons (Fsp3) is 0.905. The Morgan fingerprint density at radius 2 is 0.660 bits per heavy atom. The van der Waals surface area contributed by atoms with Crippen molar-refractivity contribution in [2.24, 2.45) is 21.7 Å². The molecule has 4 saturated carbocycles. The van der Waals surface area contributed by atoms with Crippen LogP contribution in [0.5, 0.6) is 0 Å². The Balaban J connectivity index is 1.72. The van der Waals surface area contributed by atoms with E-state index in [1.807, 2.05) is 69.2 Å². The van der Waals surface area contributed by atoms with Crippen LogP contribution < -0.4 is 0 Å². The summed E-state index contributed by atoms with van der Waals surface area (Å²) in [6.07, 6.45) is 15.2. The molecule has 3 unspecified atom stereocenters. The van der Waals surface area contributed by atoms with Gasteiger partial charge < -0.3 is 18.9 Å². The molecule has 4 aliphatic rings. The van der Waals surface area contributed by atoms with Crippen LogP contribution in [0, 0.1) is 21.7 Å². The highest BCUT2D eigenvalue weighted by Crippen LogP contribution is 2.52. The average Bonchev–Trinajstić information content (AvgIpc) is 3.82. The highest BCUT2D eigenvalue weighted by atomic mass is 16.6. The summed E-state index contributed by atoms with van der Waals surface area (Å²) in [5.41, 5.74) is -6.85. The molecule has 0 radical (unpaired) electrons. The second-order valence-corrected chi connectivity index (χ2v) is 19.6. The van der Waals surface area contributed by atoms with E-state index in [4.69, 9.17) is 18.9 Å². The van der Waals surface area contributed by atoms with Crippen molar-refractivity contribution in [3.8, 4) is 0 Å². The molecule has 0 saturated heterocycles. The van der Waals surface area contributed by atoms with Crippen LogP contribution in [0.25, 0.3) is 0 Å². The number of rotatable bonds is 15. The van der Waals surface area contributed by atoms with Crippen molar-refractivity contribution < 1.29 is 38.1 Å². The van der Waals surface area contributed by atoms with Gasteiger partial charge in [-0.05, 0) is 191 Å². The first-order valence-electron chi connectivity index (χ1n) is 20.0. The minimum absolute atomic E-state index is 0.0535. The van der Waals surface area contributed by atoms with Gasteiger partial charge >= 0.3 is 23.9 Å². The van der Waals surface area contributed by atoms with Gasteiger partial charge in [-0.3, -0.25) is 19.2 Å². The third kappa shape index (κ3) is 9.45. The molecule has 4 fully saturated rings. The van der Waals surface area contributed by atoms with E-state index in [0.717, 1.165) is 103 Å². The van der Waals surface area contributed by atoms with E-state index in [9.17, 15) is 19.2 Å². The van der Waals surface area contributed by atoms with Crippen LogP contribution in [-0.4, -0.2) is 46.3 Å². The first kappa shape index (κ1) is 40.6. The lowest BCUT2D eigenvalue weighted by Crippen LogP contribution is -2.50.